The molecule has 0 aliphatic carbocycles. The maximum Gasteiger partial charge on any atom is 0.275 e. The van der Waals surface area contributed by atoms with Gasteiger partial charge < -0.3 is 9.84 Å². The molecule has 102 valence electrons. The summed E-state index contributed by atoms with van der Waals surface area (Å²) in [6, 6.07) is 13.6. The van der Waals surface area contributed by atoms with Crippen LogP contribution in [0.4, 0.5) is 0 Å². The van der Waals surface area contributed by atoms with Crippen LogP contribution in [0, 0.1) is 0 Å². The van der Waals surface area contributed by atoms with Gasteiger partial charge in [-0.3, -0.25) is 4.79 Å². The number of rotatable bonds is 4. The zero-order valence-corrected chi connectivity index (χ0v) is 10.9. The second-order valence-corrected chi connectivity index (χ2v) is 3.96. The van der Waals surface area contributed by atoms with Gasteiger partial charge in [-0.05, 0) is 24.3 Å². The number of hydrazone groups is 1. The van der Waals surface area contributed by atoms with Crippen molar-refractivity contribution in [1.29, 1.82) is 0 Å². The smallest absolute Gasteiger partial charge is 0.275 e. The van der Waals surface area contributed by atoms with Crippen LogP contribution >= 0.6 is 0 Å². The highest BCUT2D eigenvalue weighted by Crippen LogP contribution is 2.16. The largest absolute Gasteiger partial charge is 0.507 e. The van der Waals surface area contributed by atoms with E-state index in [2.05, 4.69) is 10.5 Å². The standard InChI is InChI=1S/C15H14N2O3/c1-20-14-9-5-2-6-11(14)10-16-17-15(19)12-7-3-4-8-13(12)18/h2-10,18H,1H3,(H,17,19)/b16-10+. The third-order valence-electron chi connectivity index (χ3n) is 2.66. The van der Waals surface area contributed by atoms with Crippen LogP contribution in [0.25, 0.3) is 0 Å². The highest BCUT2D eigenvalue weighted by atomic mass is 16.5. The first-order valence-electron chi connectivity index (χ1n) is 5.97. The summed E-state index contributed by atoms with van der Waals surface area (Å²) in [5, 5.41) is 13.4. The molecule has 5 heteroatoms. The number of benzene rings is 2. The van der Waals surface area contributed by atoms with E-state index in [0.717, 1.165) is 5.56 Å². The average Bonchev–Trinajstić information content (AvgIpc) is 2.48. The fraction of sp³-hybridized carbons (Fsp3) is 0.0667. The van der Waals surface area contributed by atoms with Gasteiger partial charge in [0.15, 0.2) is 0 Å². The molecule has 5 nitrogen and oxygen atoms in total. The number of hydrogen-bond donors (Lipinski definition) is 2. The van der Waals surface area contributed by atoms with E-state index >= 15 is 0 Å². The van der Waals surface area contributed by atoms with Crippen LogP contribution in [-0.2, 0) is 0 Å². The molecule has 0 bridgehead atoms. The Labute approximate surface area is 116 Å². The van der Waals surface area contributed by atoms with Crippen LogP contribution in [0.3, 0.4) is 0 Å². The average molecular weight is 270 g/mol. The van der Waals surface area contributed by atoms with Crippen molar-refractivity contribution in [3.63, 3.8) is 0 Å². The van der Waals surface area contributed by atoms with Crippen molar-refractivity contribution in [3.05, 3.63) is 59.7 Å². The lowest BCUT2D eigenvalue weighted by atomic mass is 10.2. The number of phenols is 1. The van der Waals surface area contributed by atoms with Gasteiger partial charge in [-0.2, -0.15) is 5.10 Å². The Balaban J connectivity index is 2.07. The molecule has 2 N–H and O–H groups in total. The Morgan fingerprint density at radius 2 is 1.90 bits per heavy atom. The Kier molecular flexibility index (Phi) is 4.34. The van der Waals surface area contributed by atoms with E-state index in [9.17, 15) is 9.90 Å². The Morgan fingerprint density at radius 3 is 2.65 bits per heavy atom. The van der Waals surface area contributed by atoms with Crippen molar-refractivity contribution in [2.75, 3.05) is 7.11 Å². The first-order valence-corrected chi connectivity index (χ1v) is 5.97. The number of carbonyl (C=O) groups is 1. The fourth-order valence-electron chi connectivity index (χ4n) is 1.66. The van der Waals surface area contributed by atoms with Crippen LogP contribution < -0.4 is 10.2 Å². The van der Waals surface area contributed by atoms with Crippen molar-refractivity contribution in [1.82, 2.24) is 5.43 Å². The molecule has 20 heavy (non-hydrogen) atoms. The van der Waals surface area contributed by atoms with E-state index in [-0.39, 0.29) is 11.3 Å². The number of nitrogens with zero attached hydrogens (tertiary/aromatic N) is 1. The van der Waals surface area contributed by atoms with Gasteiger partial charge in [0.2, 0.25) is 0 Å². The lowest BCUT2D eigenvalue weighted by Crippen LogP contribution is -2.17. The predicted molar refractivity (Wildman–Crippen MR) is 76.2 cm³/mol. The summed E-state index contributed by atoms with van der Waals surface area (Å²) in [5.41, 5.74) is 3.27. The van der Waals surface area contributed by atoms with E-state index < -0.39 is 5.91 Å². The molecular weight excluding hydrogens is 256 g/mol. The molecule has 0 saturated carbocycles. The number of amides is 1. The zero-order valence-electron chi connectivity index (χ0n) is 10.9. The second-order valence-electron chi connectivity index (χ2n) is 3.96. The van der Waals surface area contributed by atoms with Crippen LogP contribution in [0.15, 0.2) is 53.6 Å². The monoisotopic (exact) mass is 270 g/mol. The van der Waals surface area contributed by atoms with E-state index in [0.29, 0.717) is 5.75 Å². The number of ether oxygens (including phenoxy) is 1. The number of carbonyl (C=O) groups excluding carboxylic acids is 1. The van der Waals surface area contributed by atoms with Gasteiger partial charge in [0.25, 0.3) is 5.91 Å². The van der Waals surface area contributed by atoms with Gasteiger partial charge in [0.05, 0.1) is 18.9 Å². The normalized spacial score (nSPS) is 10.4. The number of methoxy groups -OCH3 is 1. The number of nitrogens with one attached hydrogen (secondary N) is 1. The molecule has 0 aliphatic heterocycles. The van der Waals surface area contributed by atoms with Crippen LogP contribution in [0.5, 0.6) is 11.5 Å². The fourth-order valence-corrected chi connectivity index (χ4v) is 1.66. The molecule has 0 fully saturated rings. The van der Waals surface area contributed by atoms with Gasteiger partial charge in [0, 0.05) is 5.56 Å². The van der Waals surface area contributed by atoms with Crippen molar-refractivity contribution in [2.24, 2.45) is 5.10 Å². The molecule has 2 aromatic carbocycles. The Morgan fingerprint density at radius 1 is 1.20 bits per heavy atom. The topological polar surface area (TPSA) is 70.9 Å². The molecule has 0 aliphatic rings. The maximum absolute atomic E-state index is 11.8. The summed E-state index contributed by atoms with van der Waals surface area (Å²) in [4.78, 5) is 11.8. The summed E-state index contributed by atoms with van der Waals surface area (Å²) in [6.45, 7) is 0. The van der Waals surface area contributed by atoms with Gasteiger partial charge >= 0.3 is 0 Å². The third-order valence-corrected chi connectivity index (χ3v) is 2.66. The third kappa shape index (κ3) is 3.14. The summed E-state index contributed by atoms with van der Waals surface area (Å²) < 4.78 is 5.16. The lowest BCUT2D eigenvalue weighted by molar-refractivity contribution is 0.0952. The Hall–Kier alpha value is -2.82. The lowest BCUT2D eigenvalue weighted by Gasteiger charge is -2.04. The molecule has 0 aromatic heterocycles. The number of para-hydroxylation sites is 2. The predicted octanol–water partition coefficient (Wildman–Crippen LogP) is 2.16. The summed E-state index contributed by atoms with van der Waals surface area (Å²) in [7, 11) is 1.56. The SMILES string of the molecule is COc1ccccc1/C=N/NC(=O)c1ccccc1O. The minimum Gasteiger partial charge on any atom is -0.507 e. The molecule has 2 rings (SSSR count). The first kappa shape index (κ1) is 13.6. The highest BCUT2D eigenvalue weighted by molar-refractivity contribution is 5.97. The number of aromatic hydroxyl groups is 1. The molecule has 0 radical (unpaired) electrons. The van der Waals surface area contributed by atoms with Crippen LogP contribution in [0.2, 0.25) is 0 Å². The second kappa shape index (κ2) is 6.38. The molecule has 0 unspecified atom stereocenters. The zero-order chi connectivity index (χ0) is 14.4. The van der Waals surface area contributed by atoms with E-state index in [1.54, 1.807) is 25.3 Å². The van der Waals surface area contributed by atoms with E-state index in [1.807, 2.05) is 18.2 Å². The van der Waals surface area contributed by atoms with Crippen LogP contribution in [-0.4, -0.2) is 24.3 Å². The minimum atomic E-state index is -0.478. The van der Waals surface area contributed by atoms with Gasteiger partial charge in [-0.1, -0.05) is 24.3 Å². The first-order chi connectivity index (χ1) is 9.72. The molecule has 0 saturated heterocycles. The van der Waals surface area contributed by atoms with Gasteiger partial charge in [-0.25, -0.2) is 5.43 Å². The molecule has 2 aromatic rings. The molecule has 0 heterocycles. The van der Waals surface area contributed by atoms with Crippen molar-refractivity contribution < 1.29 is 14.6 Å². The number of phenolic OH excluding ortho intramolecular Hbond substituents is 1. The van der Waals surface area contributed by atoms with Gasteiger partial charge in [0.1, 0.15) is 11.5 Å². The molecule has 0 atom stereocenters. The van der Waals surface area contributed by atoms with Crippen LogP contribution in [0.1, 0.15) is 15.9 Å². The summed E-state index contributed by atoms with van der Waals surface area (Å²) in [5.74, 6) is 0.0970. The molecular formula is C15H14N2O3. The highest BCUT2D eigenvalue weighted by Gasteiger charge is 2.08. The number of hydrogen-bond acceptors (Lipinski definition) is 4. The summed E-state index contributed by atoms with van der Waals surface area (Å²) in [6.07, 6.45) is 1.48. The summed E-state index contributed by atoms with van der Waals surface area (Å²) >= 11 is 0. The Bertz CT molecular complexity index is 639. The van der Waals surface area contributed by atoms with Crippen molar-refractivity contribution in [2.45, 2.75) is 0 Å². The van der Waals surface area contributed by atoms with Crippen molar-refractivity contribution in [3.8, 4) is 11.5 Å². The molecule has 1 amide bonds. The quantitative estimate of drug-likeness (QED) is 0.660. The maximum atomic E-state index is 11.8. The van der Waals surface area contributed by atoms with E-state index in [4.69, 9.17) is 4.74 Å². The molecule has 0 spiro atoms. The van der Waals surface area contributed by atoms with Crippen molar-refractivity contribution >= 4 is 12.1 Å². The van der Waals surface area contributed by atoms with Gasteiger partial charge in [-0.15, -0.1) is 0 Å². The minimum absolute atomic E-state index is 0.0857. The van der Waals surface area contributed by atoms with E-state index in [1.165, 1.54) is 18.3 Å².